The Hall–Kier alpha value is -1.84. The minimum atomic E-state index is -0.446. The standard InChI is InChI=1S/C10H14O2.C3H4N2/c1-3-10(8(2)11)6-4-5-9(12)7-10;1-2-4-5-3-1/h4-5,7,12H,3,6H2,1-2H3;1-3H,(H,4,5). The van der Waals surface area contributed by atoms with E-state index in [1.165, 1.54) is 0 Å². The minimum absolute atomic E-state index is 0.126. The van der Waals surface area contributed by atoms with E-state index in [9.17, 15) is 9.90 Å². The van der Waals surface area contributed by atoms with Crippen LogP contribution in [0.2, 0.25) is 0 Å². The lowest BCUT2D eigenvalue weighted by Crippen LogP contribution is -2.27. The number of nitrogens with zero attached hydrogens (tertiary/aromatic N) is 1. The van der Waals surface area contributed by atoms with Gasteiger partial charge in [-0.3, -0.25) is 9.89 Å². The van der Waals surface area contributed by atoms with Gasteiger partial charge in [0.25, 0.3) is 0 Å². The van der Waals surface area contributed by atoms with Crippen LogP contribution in [0, 0.1) is 5.41 Å². The highest BCUT2D eigenvalue weighted by Crippen LogP contribution is 2.33. The predicted molar refractivity (Wildman–Crippen MR) is 66.5 cm³/mol. The van der Waals surface area contributed by atoms with Crippen molar-refractivity contribution < 1.29 is 9.90 Å². The lowest BCUT2D eigenvalue weighted by Gasteiger charge is -2.27. The maximum absolute atomic E-state index is 11.3. The molecule has 1 aromatic rings. The van der Waals surface area contributed by atoms with Crippen LogP contribution in [0.15, 0.2) is 42.4 Å². The zero-order valence-corrected chi connectivity index (χ0v) is 10.2. The van der Waals surface area contributed by atoms with E-state index < -0.39 is 5.41 Å². The molecule has 1 unspecified atom stereocenters. The van der Waals surface area contributed by atoms with Crippen molar-refractivity contribution in [1.82, 2.24) is 10.2 Å². The van der Waals surface area contributed by atoms with Gasteiger partial charge in [0.15, 0.2) is 0 Å². The fraction of sp³-hybridized carbons (Fsp3) is 0.385. The van der Waals surface area contributed by atoms with Gasteiger partial charge in [-0.15, -0.1) is 0 Å². The highest BCUT2D eigenvalue weighted by atomic mass is 16.3. The van der Waals surface area contributed by atoms with Crippen molar-refractivity contribution in [3.63, 3.8) is 0 Å². The molecule has 0 aliphatic heterocycles. The highest BCUT2D eigenvalue weighted by molar-refractivity contribution is 5.85. The first kappa shape index (κ1) is 13.2. The number of carbonyl (C=O) groups is 1. The Bertz CT molecular complexity index is 390. The van der Waals surface area contributed by atoms with Crippen molar-refractivity contribution in [2.75, 3.05) is 0 Å². The maximum atomic E-state index is 11.3. The largest absolute Gasteiger partial charge is 0.508 e. The van der Waals surface area contributed by atoms with Gasteiger partial charge in [-0.1, -0.05) is 13.0 Å². The number of aromatic nitrogens is 2. The summed E-state index contributed by atoms with van der Waals surface area (Å²) in [4.78, 5) is 11.3. The molecule has 0 saturated carbocycles. The summed E-state index contributed by atoms with van der Waals surface area (Å²) < 4.78 is 0. The summed E-state index contributed by atoms with van der Waals surface area (Å²) in [5.41, 5.74) is -0.446. The molecule has 4 heteroatoms. The van der Waals surface area contributed by atoms with E-state index in [-0.39, 0.29) is 11.5 Å². The quantitative estimate of drug-likeness (QED) is 0.826. The van der Waals surface area contributed by atoms with Gasteiger partial charge in [-0.25, -0.2) is 0 Å². The summed E-state index contributed by atoms with van der Waals surface area (Å²) in [6.45, 7) is 3.54. The van der Waals surface area contributed by atoms with Gasteiger partial charge in [-0.05, 0) is 38.0 Å². The third-order valence-electron chi connectivity index (χ3n) is 2.93. The molecule has 1 heterocycles. The molecular weight excluding hydrogens is 216 g/mol. The van der Waals surface area contributed by atoms with Crippen LogP contribution >= 0.6 is 0 Å². The first-order chi connectivity index (χ1) is 8.10. The number of hydrogen-bond acceptors (Lipinski definition) is 3. The van der Waals surface area contributed by atoms with Crippen molar-refractivity contribution in [3.05, 3.63) is 42.4 Å². The molecule has 0 bridgehead atoms. The second-order valence-corrected chi connectivity index (χ2v) is 4.01. The summed E-state index contributed by atoms with van der Waals surface area (Å²) in [5, 5.41) is 15.5. The molecule has 17 heavy (non-hydrogen) atoms. The molecule has 0 aromatic carbocycles. The van der Waals surface area contributed by atoms with Crippen LogP contribution in [0.25, 0.3) is 0 Å². The third kappa shape index (κ3) is 3.59. The fourth-order valence-electron chi connectivity index (χ4n) is 1.74. The van der Waals surface area contributed by atoms with E-state index in [0.29, 0.717) is 6.42 Å². The van der Waals surface area contributed by atoms with Crippen molar-refractivity contribution in [1.29, 1.82) is 0 Å². The van der Waals surface area contributed by atoms with Gasteiger partial charge in [0.1, 0.15) is 11.5 Å². The van der Waals surface area contributed by atoms with Crippen molar-refractivity contribution in [2.45, 2.75) is 26.7 Å². The first-order valence-corrected chi connectivity index (χ1v) is 5.64. The molecule has 2 rings (SSSR count). The molecule has 1 aromatic heterocycles. The lowest BCUT2D eigenvalue weighted by atomic mass is 9.76. The summed E-state index contributed by atoms with van der Waals surface area (Å²) in [5.74, 6) is 0.333. The SMILES string of the molecule is CCC1(C(C)=O)C=C(O)C=CC1.c1cn[nH]c1. The van der Waals surface area contributed by atoms with E-state index in [2.05, 4.69) is 10.2 Å². The molecule has 0 radical (unpaired) electrons. The van der Waals surface area contributed by atoms with Crippen LogP contribution in [-0.2, 0) is 4.79 Å². The van der Waals surface area contributed by atoms with Gasteiger partial charge >= 0.3 is 0 Å². The molecule has 4 nitrogen and oxygen atoms in total. The normalized spacial score (nSPS) is 22.4. The molecule has 0 amide bonds. The van der Waals surface area contributed by atoms with E-state index in [1.807, 2.05) is 19.1 Å². The summed E-state index contributed by atoms with van der Waals surface area (Å²) >= 11 is 0. The third-order valence-corrected chi connectivity index (χ3v) is 2.93. The van der Waals surface area contributed by atoms with Crippen LogP contribution in [0.5, 0.6) is 0 Å². The Morgan fingerprint density at radius 1 is 1.65 bits per heavy atom. The van der Waals surface area contributed by atoms with Crippen LogP contribution in [0.1, 0.15) is 26.7 Å². The smallest absolute Gasteiger partial charge is 0.140 e. The average Bonchev–Trinajstić information content (AvgIpc) is 2.87. The number of nitrogens with one attached hydrogen (secondary N) is 1. The Morgan fingerprint density at radius 2 is 2.41 bits per heavy atom. The number of H-pyrrole nitrogens is 1. The molecule has 1 aliphatic rings. The van der Waals surface area contributed by atoms with Crippen molar-refractivity contribution >= 4 is 5.78 Å². The predicted octanol–water partition coefficient (Wildman–Crippen LogP) is 2.78. The highest BCUT2D eigenvalue weighted by Gasteiger charge is 2.31. The fourth-order valence-corrected chi connectivity index (χ4v) is 1.74. The number of rotatable bonds is 2. The number of ketones is 1. The van der Waals surface area contributed by atoms with Crippen molar-refractivity contribution in [2.24, 2.45) is 5.41 Å². The zero-order valence-electron chi connectivity index (χ0n) is 10.2. The Labute approximate surface area is 101 Å². The van der Waals surface area contributed by atoms with Crippen LogP contribution < -0.4 is 0 Å². The summed E-state index contributed by atoms with van der Waals surface area (Å²) in [7, 11) is 0. The summed E-state index contributed by atoms with van der Waals surface area (Å²) in [6.07, 6.45) is 10.1. The number of aromatic amines is 1. The molecule has 0 fully saturated rings. The van der Waals surface area contributed by atoms with E-state index in [0.717, 1.165) is 6.42 Å². The lowest BCUT2D eigenvalue weighted by molar-refractivity contribution is -0.124. The molecule has 1 atom stereocenters. The van der Waals surface area contributed by atoms with E-state index in [1.54, 1.807) is 31.5 Å². The minimum Gasteiger partial charge on any atom is -0.508 e. The van der Waals surface area contributed by atoms with Crippen molar-refractivity contribution in [3.8, 4) is 0 Å². The summed E-state index contributed by atoms with van der Waals surface area (Å²) in [6, 6.07) is 1.83. The van der Waals surface area contributed by atoms with Gasteiger partial charge in [0.05, 0.1) is 5.41 Å². The number of Topliss-reactive ketones (excluding diaryl/α,β-unsaturated/α-hetero) is 1. The number of aliphatic hydroxyl groups is 1. The Balaban J connectivity index is 0.000000239. The van der Waals surface area contributed by atoms with Gasteiger partial charge in [0, 0.05) is 12.4 Å². The van der Waals surface area contributed by atoms with Crippen LogP contribution in [-0.4, -0.2) is 21.1 Å². The zero-order chi connectivity index (χ0) is 12.7. The Morgan fingerprint density at radius 3 is 2.71 bits per heavy atom. The second-order valence-electron chi connectivity index (χ2n) is 4.01. The molecular formula is C13H18N2O2. The number of aliphatic hydroxyl groups excluding tert-OH is 1. The molecule has 92 valence electrons. The Kier molecular flexibility index (Phi) is 4.69. The number of carbonyl (C=O) groups excluding carboxylic acids is 1. The molecule has 0 saturated heterocycles. The van der Waals surface area contributed by atoms with Gasteiger partial charge in [0.2, 0.25) is 0 Å². The molecule has 0 spiro atoms. The molecule has 1 aliphatic carbocycles. The van der Waals surface area contributed by atoms with Gasteiger partial charge in [-0.2, -0.15) is 5.10 Å². The monoisotopic (exact) mass is 234 g/mol. The number of allylic oxidation sites excluding steroid dienone is 3. The average molecular weight is 234 g/mol. The van der Waals surface area contributed by atoms with E-state index >= 15 is 0 Å². The van der Waals surface area contributed by atoms with Crippen LogP contribution in [0.4, 0.5) is 0 Å². The van der Waals surface area contributed by atoms with E-state index in [4.69, 9.17) is 0 Å². The maximum Gasteiger partial charge on any atom is 0.140 e. The van der Waals surface area contributed by atoms with Gasteiger partial charge < -0.3 is 5.11 Å². The van der Waals surface area contributed by atoms with Crippen LogP contribution in [0.3, 0.4) is 0 Å². The topological polar surface area (TPSA) is 66.0 Å². The molecule has 2 N–H and O–H groups in total. The first-order valence-electron chi connectivity index (χ1n) is 5.64. The second kappa shape index (κ2) is 6.03. The number of hydrogen-bond donors (Lipinski definition) is 2.